The summed E-state index contributed by atoms with van der Waals surface area (Å²) in [6, 6.07) is 3.56. The summed E-state index contributed by atoms with van der Waals surface area (Å²) in [7, 11) is 0. The number of aromatic nitrogens is 3. The van der Waals surface area contributed by atoms with Crippen molar-refractivity contribution in [2.45, 2.75) is 24.7 Å². The lowest BCUT2D eigenvalue weighted by atomic mass is 10.1. The van der Waals surface area contributed by atoms with Gasteiger partial charge in [0, 0.05) is 45.7 Å². The Hall–Kier alpha value is -4.39. The van der Waals surface area contributed by atoms with Gasteiger partial charge in [-0.1, -0.05) is 0 Å². The van der Waals surface area contributed by atoms with Gasteiger partial charge in [0.05, 0.1) is 33.6 Å². The van der Waals surface area contributed by atoms with Crippen LogP contribution in [0.3, 0.4) is 0 Å². The number of halogens is 12. The van der Waals surface area contributed by atoms with E-state index in [1.807, 2.05) is 0 Å². The van der Waals surface area contributed by atoms with E-state index in [0.29, 0.717) is 35.4 Å². The largest absolute Gasteiger partial charge is 0.416 e. The van der Waals surface area contributed by atoms with Crippen LogP contribution in [0.5, 0.6) is 0 Å². The van der Waals surface area contributed by atoms with Crippen molar-refractivity contribution in [3.63, 3.8) is 0 Å². The summed E-state index contributed by atoms with van der Waals surface area (Å²) in [6.45, 7) is 0. The predicted octanol–water partition coefficient (Wildman–Crippen LogP) is 10.9. The first-order valence-electron chi connectivity index (χ1n) is 12.3. The summed E-state index contributed by atoms with van der Waals surface area (Å²) in [6.07, 6.45) is -17.4. The average molecular weight is 700 g/mol. The molecule has 5 aromatic rings. The molecule has 0 fully saturated rings. The number of hydrogen-bond acceptors (Lipinski definition) is 7. The zero-order chi connectivity index (χ0) is 33.7. The molecule has 0 aliphatic heterocycles. The Morgan fingerprint density at radius 3 is 1.09 bits per heavy atom. The third-order valence-electron chi connectivity index (χ3n) is 6.02. The Morgan fingerprint density at radius 2 is 0.783 bits per heavy atom. The van der Waals surface area contributed by atoms with Crippen molar-refractivity contribution in [1.82, 2.24) is 15.0 Å². The molecule has 0 saturated carbocycles. The van der Waals surface area contributed by atoms with Gasteiger partial charge in [0.15, 0.2) is 10.3 Å². The van der Waals surface area contributed by atoms with Crippen LogP contribution in [0.25, 0.3) is 22.5 Å². The van der Waals surface area contributed by atoms with Gasteiger partial charge in [0.2, 0.25) is 0 Å². The van der Waals surface area contributed by atoms with E-state index in [1.165, 1.54) is 29.2 Å². The Labute approximate surface area is 257 Å². The molecule has 3 heterocycles. The second-order valence-electron chi connectivity index (χ2n) is 9.38. The molecule has 0 aliphatic carbocycles. The van der Waals surface area contributed by atoms with Gasteiger partial charge < -0.3 is 10.6 Å². The number of anilines is 4. The Balaban J connectivity index is 1.37. The molecule has 19 heteroatoms. The van der Waals surface area contributed by atoms with Crippen LogP contribution in [-0.2, 0) is 24.7 Å². The highest BCUT2D eigenvalue weighted by atomic mass is 32.1. The van der Waals surface area contributed by atoms with Crippen LogP contribution >= 0.6 is 22.7 Å². The smallest absolute Gasteiger partial charge is 0.332 e. The van der Waals surface area contributed by atoms with Crippen LogP contribution in [0.15, 0.2) is 65.6 Å². The minimum atomic E-state index is -5.04. The molecule has 0 atom stereocenters. The quantitative estimate of drug-likeness (QED) is 0.173. The molecule has 0 radical (unpaired) electrons. The van der Waals surface area contributed by atoms with Crippen molar-refractivity contribution < 1.29 is 52.7 Å². The SMILES string of the molecule is FC(F)(F)c1cc(Nc2nc(-c3cncc(-c4csc(Nc5cc(C(F)(F)F)cc(C(F)(F)F)c5)n4)c3)cs2)cc(C(F)(F)F)c1. The lowest BCUT2D eigenvalue weighted by molar-refractivity contribution is -0.144. The highest BCUT2D eigenvalue weighted by Crippen LogP contribution is 2.40. The Bertz CT molecular complexity index is 1670. The number of pyridine rings is 1. The van der Waals surface area contributed by atoms with Gasteiger partial charge >= 0.3 is 24.7 Å². The van der Waals surface area contributed by atoms with Gasteiger partial charge in [-0.05, 0) is 42.5 Å². The molecule has 2 N–H and O–H groups in total. The number of benzene rings is 2. The molecular formula is C27H13F12N5S2. The first-order valence-corrected chi connectivity index (χ1v) is 14.0. The van der Waals surface area contributed by atoms with Crippen LogP contribution in [0.4, 0.5) is 74.3 Å². The van der Waals surface area contributed by atoms with E-state index in [9.17, 15) is 52.7 Å². The summed E-state index contributed by atoms with van der Waals surface area (Å²) < 4.78 is 158. The maximum Gasteiger partial charge on any atom is 0.416 e. The maximum absolute atomic E-state index is 13.2. The van der Waals surface area contributed by atoms with Gasteiger partial charge in [-0.3, -0.25) is 4.98 Å². The molecular weight excluding hydrogens is 686 g/mol. The van der Waals surface area contributed by atoms with Crippen molar-refractivity contribution in [2.24, 2.45) is 0 Å². The maximum atomic E-state index is 13.2. The third-order valence-corrected chi connectivity index (χ3v) is 7.53. The Kier molecular flexibility index (Phi) is 8.43. The van der Waals surface area contributed by atoms with Crippen LogP contribution < -0.4 is 10.6 Å². The van der Waals surface area contributed by atoms with Crippen LogP contribution in [0.1, 0.15) is 22.3 Å². The molecule has 5 rings (SSSR count). The summed E-state index contributed by atoms with van der Waals surface area (Å²) >= 11 is 1.76. The predicted molar refractivity (Wildman–Crippen MR) is 146 cm³/mol. The normalized spacial score (nSPS) is 12.8. The second kappa shape index (κ2) is 11.8. The average Bonchev–Trinajstić information content (AvgIpc) is 3.61. The second-order valence-corrected chi connectivity index (χ2v) is 11.1. The van der Waals surface area contributed by atoms with Crippen LogP contribution in [0.2, 0.25) is 0 Å². The highest BCUT2D eigenvalue weighted by molar-refractivity contribution is 7.14. The van der Waals surface area contributed by atoms with E-state index >= 15 is 0 Å². The molecule has 242 valence electrons. The van der Waals surface area contributed by atoms with Gasteiger partial charge in [-0.25, -0.2) is 9.97 Å². The number of thiazole rings is 2. The number of nitrogens with one attached hydrogen (secondary N) is 2. The van der Waals surface area contributed by atoms with E-state index in [-0.39, 0.29) is 33.8 Å². The van der Waals surface area contributed by atoms with Crippen molar-refractivity contribution >= 4 is 44.3 Å². The topological polar surface area (TPSA) is 62.7 Å². The molecule has 0 unspecified atom stereocenters. The Morgan fingerprint density at radius 1 is 0.457 bits per heavy atom. The summed E-state index contributed by atoms with van der Waals surface area (Å²) in [5, 5.41) is 7.74. The zero-order valence-corrected chi connectivity index (χ0v) is 23.7. The van der Waals surface area contributed by atoms with Crippen molar-refractivity contribution in [1.29, 1.82) is 0 Å². The standard InChI is InChI=1S/C27H13F12N5S2/c28-24(29,30)14-2-15(25(31,32)33)5-18(4-14)41-22-43-20(10-45-22)12-1-13(9-40-8-12)21-11-46-23(44-21)42-19-6-16(26(34,35)36)3-17(7-19)27(37,38)39/h1-11H,(H,41,43)(H,42,44). The summed E-state index contributed by atoms with van der Waals surface area (Å²) in [5.41, 5.74) is -5.85. The summed E-state index contributed by atoms with van der Waals surface area (Å²) in [4.78, 5) is 12.5. The number of alkyl halides is 12. The first-order chi connectivity index (χ1) is 21.3. The van der Waals surface area contributed by atoms with Gasteiger partial charge in [-0.15, -0.1) is 22.7 Å². The fourth-order valence-electron chi connectivity index (χ4n) is 3.95. The number of rotatable bonds is 6. The van der Waals surface area contributed by atoms with E-state index in [0.717, 1.165) is 22.7 Å². The first kappa shape index (κ1) is 33.0. The van der Waals surface area contributed by atoms with Crippen molar-refractivity contribution in [3.05, 3.63) is 87.9 Å². The minimum Gasteiger partial charge on any atom is -0.332 e. The molecule has 46 heavy (non-hydrogen) atoms. The lowest BCUT2D eigenvalue weighted by Gasteiger charge is -2.14. The minimum absolute atomic E-state index is 0.00553. The molecule has 0 amide bonds. The molecule has 0 aliphatic rings. The van der Waals surface area contributed by atoms with E-state index in [4.69, 9.17) is 0 Å². The number of hydrogen-bond donors (Lipinski definition) is 2. The lowest BCUT2D eigenvalue weighted by Crippen LogP contribution is -2.11. The van der Waals surface area contributed by atoms with Crippen LogP contribution in [-0.4, -0.2) is 15.0 Å². The molecule has 0 bridgehead atoms. The molecule has 3 aromatic heterocycles. The van der Waals surface area contributed by atoms with Gasteiger partial charge in [0.1, 0.15) is 0 Å². The van der Waals surface area contributed by atoms with E-state index in [2.05, 4.69) is 25.6 Å². The molecule has 0 saturated heterocycles. The van der Waals surface area contributed by atoms with E-state index < -0.39 is 58.3 Å². The van der Waals surface area contributed by atoms with Crippen LogP contribution in [0, 0.1) is 0 Å². The monoisotopic (exact) mass is 699 g/mol. The molecule has 2 aromatic carbocycles. The number of nitrogens with zero attached hydrogens (tertiary/aromatic N) is 3. The third kappa shape index (κ3) is 7.69. The zero-order valence-electron chi connectivity index (χ0n) is 22.0. The molecule has 0 spiro atoms. The van der Waals surface area contributed by atoms with Crippen molar-refractivity contribution in [3.8, 4) is 22.5 Å². The fourth-order valence-corrected chi connectivity index (χ4v) is 5.43. The van der Waals surface area contributed by atoms with Gasteiger partial charge in [0.25, 0.3) is 0 Å². The van der Waals surface area contributed by atoms with E-state index in [1.54, 1.807) is 0 Å². The van der Waals surface area contributed by atoms with Gasteiger partial charge in [-0.2, -0.15) is 52.7 Å². The highest BCUT2D eigenvalue weighted by Gasteiger charge is 2.38. The summed E-state index contributed by atoms with van der Waals surface area (Å²) in [5.74, 6) is 0. The van der Waals surface area contributed by atoms with Crippen molar-refractivity contribution in [2.75, 3.05) is 10.6 Å². The fraction of sp³-hybridized carbons (Fsp3) is 0.148. The molecule has 5 nitrogen and oxygen atoms in total.